The zero-order chi connectivity index (χ0) is 8.72. The van der Waals surface area contributed by atoms with E-state index in [4.69, 9.17) is 5.11 Å². The maximum Gasteiger partial charge on any atom is 0.221 e. The number of hydrogen-bond acceptors (Lipinski definition) is 1. The van der Waals surface area contributed by atoms with Gasteiger partial charge in [0.15, 0.2) is 0 Å². The molecule has 12 heavy (non-hydrogen) atoms. The van der Waals surface area contributed by atoms with Crippen LogP contribution in [0.25, 0.3) is 10.9 Å². The Morgan fingerprint density at radius 1 is 1.42 bits per heavy atom. The molecule has 0 saturated carbocycles. The molecule has 0 saturated heterocycles. The molecule has 2 rings (SSSR count). The van der Waals surface area contributed by atoms with Crippen LogP contribution in [0.15, 0.2) is 24.3 Å². The van der Waals surface area contributed by atoms with Crippen LogP contribution < -0.4 is 0 Å². The van der Waals surface area contributed by atoms with Crippen molar-refractivity contribution in [2.24, 2.45) is 0 Å². The molecule has 2 nitrogen and oxygen atoms in total. The SMILES string of the molecule is Oc1cc2c(I)cccc2n1F. The van der Waals surface area contributed by atoms with Gasteiger partial charge in [-0.25, -0.2) is 0 Å². The lowest BCUT2D eigenvalue weighted by Crippen LogP contribution is -1.79. The summed E-state index contributed by atoms with van der Waals surface area (Å²) in [6, 6.07) is 6.65. The molecule has 0 bridgehead atoms. The molecule has 2 aromatic rings. The minimum atomic E-state index is -0.353. The topological polar surface area (TPSA) is 25.2 Å². The minimum absolute atomic E-state index is 0.275. The lowest BCUT2D eigenvalue weighted by molar-refractivity contribution is 0.305. The monoisotopic (exact) mass is 277 g/mol. The summed E-state index contributed by atoms with van der Waals surface area (Å²) in [7, 11) is 0. The molecular formula is C8H5FINO. The van der Waals surface area contributed by atoms with Crippen molar-refractivity contribution in [3.8, 4) is 5.88 Å². The molecule has 0 fully saturated rings. The third-order valence-electron chi connectivity index (χ3n) is 1.72. The van der Waals surface area contributed by atoms with Crippen LogP contribution in [0, 0.1) is 3.57 Å². The summed E-state index contributed by atoms with van der Waals surface area (Å²) in [6.45, 7) is 0. The molecule has 1 aromatic carbocycles. The molecule has 0 atom stereocenters. The van der Waals surface area contributed by atoms with Gasteiger partial charge in [0.05, 0.1) is 5.52 Å². The van der Waals surface area contributed by atoms with Crippen LogP contribution in [-0.4, -0.2) is 9.90 Å². The molecule has 0 unspecified atom stereocenters. The molecule has 0 radical (unpaired) electrons. The fourth-order valence-electron chi connectivity index (χ4n) is 1.15. The van der Waals surface area contributed by atoms with Gasteiger partial charge in [0.1, 0.15) is 0 Å². The molecule has 0 amide bonds. The summed E-state index contributed by atoms with van der Waals surface area (Å²) >= 11 is 2.10. The van der Waals surface area contributed by atoms with Gasteiger partial charge in [0, 0.05) is 15.0 Å². The van der Waals surface area contributed by atoms with E-state index in [1.807, 2.05) is 6.07 Å². The largest absolute Gasteiger partial charge is 0.493 e. The van der Waals surface area contributed by atoms with E-state index in [1.54, 1.807) is 12.1 Å². The van der Waals surface area contributed by atoms with Crippen LogP contribution in [0.5, 0.6) is 5.88 Å². The molecule has 0 spiro atoms. The highest BCUT2D eigenvalue weighted by molar-refractivity contribution is 14.1. The Balaban J connectivity index is 2.95. The van der Waals surface area contributed by atoms with Crippen LogP contribution in [0.3, 0.4) is 0 Å². The van der Waals surface area contributed by atoms with Gasteiger partial charge in [-0.05, 0) is 34.7 Å². The predicted octanol–water partition coefficient (Wildman–Crippen LogP) is 2.68. The van der Waals surface area contributed by atoms with E-state index in [1.165, 1.54) is 6.07 Å². The third-order valence-corrected chi connectivity index (χ3v) is 2.66. The molecule has 1 N–H and O–H groups in total. The number of halogens is 2. The summed E-state index contributed by atoms with van der Waals surface area (Å²) < 4.78 is 13.9. The van der Waals surface area contributed by atoms with Crippen LogP contribution in [0.4, 0.5) is 4.48 Å². The average Bonchev–Trinajstić information content (AvgIpc) is 2.32. The summed E-state index contributed by atoms with van der Waals surface area (Å²) in [5.41, 5.74) is 0.402. The Kier molecular flexibility index (Phi) is 1.71. The molecule has 1 heterocycles. The molecule has 0 aliphatic rings. The van der Waals surface area contributed by atoms with Gasteiger partial charge in [-0.1, -0.05) is 10.5 Å². The number of fused-ring (bicyclic) bond motifs is 1. The van der Waals surface area contributed by atoms with E-state index in [9.17, 15) is 4.48 Å². The second-order valence-electron chi connectivity index (χ2n) is 2.46. The van der Waals surface area contributed by atoms with Crippen molar-refractivity contribution < 1.29 is 9.59 Å². The summed E-state index contributed by atoms with van der Waals surface area (Å²) in [6.07, 6.45) is 0. The molecular weight excluding hydrogens is 272 g/mol. The predicted molar refractivity (Wildman–Crippen MR) is 52.8 cm³/mol. The van der Waals surface area contributed by atoms with Gasteiger partial charge in [-0.3, -0.25) is 0 Å². The van der Waals surface area contributed by atoms with Gasteiger partial charge in [0.2, 0.25) is 5.88 Å². The van der Waals surface area contributed by atoms with Gasteiger partial charge in [-0.2, -0.15) is 0 Å². The van der Waals surface area contributed by atoms with Crippen molar-refractivity contribution >= 4 is 33.5 Å². The summed E-state index contributed by atoms with van der Waals surface area (Å²) in [5, 5.41) is 9.79. The van der Waals surface area contributed by atoms with E-state index < -0.39 is 0 Å². The maximum atomic E-state index is 13.0. The van der Waals surface area contributed by atoms with Crippen molar-refractivity contribution in [2.45, 2.75) is 0 Å². The highest BCUT2D eigenvalue weighted by Crippen LogP contribution is 2.27. The number of aromatic hydroxyl groups is 1. The first-order valence-electron chi connectivity index (χ1n) is 3.35. The molecule has 1 aromatic heterocycles. The van der Waals surface area contributed by atoms with Crippen LogP contribution in [0.2, 0.25) is 0 Å². The average molecular weight is 277 g/mol. The Hall–Kier alpha value is -0.780. The van der Waals surface area contributed by atoms with Crippen LogP contribution >= 0.6 is 22.6 Å². The first-order chi connectivity index (χ1) is 5.70. The van der Waals surface area contributed by atoms with Crippen LogP contribution in [-0.2, 0) is 0 Å². The summed E-state index contributed by atoms with van der Waals surface area (Å²) in [4.78, 5) is 0.275. The zero-order valence-corrected chi connectivity index (χ0v) is 8.12. The highest BCUT2D eigenvalue weighted by atomic mass is 127. The first kappa shape index (κ1) is 7.85. The smallest absolute Gasteiger partial charge is 0.221 e. The Morgan fingerprint density at radius 2 is 2.17 bits per heavy atom. The van der Waals surface area contributed by atoms with Crippen molar-refractivity contribution in [1.82, 2.24) is 4.79 Å². The second kappa shape index (κ2) is 2.62. The van der Waals surface area contributed by atoms with Gasteiger partial charge >= 0.3 is 0 Å². The minimum Gasteiger partial charge on any atom is -0.493 e. The standard InChI is InChI=1S/C8H5FINO/c9-11-7-3-1-2-6(10)5(7)4-8(11)12/h1-4,12H. The Morgan fingerprint density at radius 3 is 2.83 bits per heavy atom. The molecule has 62 valence electrons. The molecule has 0 aliphatic carbocycles. The second-order valence-corrected chi connectivity index (χ2v) is 3.62. The van der Waals surface area contributed by atoms with Gasteiger partial charge < -0.3 is 5.11 Å². The first-order valence-corrected chi connectivity index (χ1v) is 4.43. The van der Waals surface area contributed by atoms with Crippen molar-refractivity contribution in [3.05, 3.63) is 27.8 Å². The normalized spacial score (nSPS) is 10.8. The fourth-order valence-corrected chi connectivity index (χ4v) is 1.79. The van der Waals surface area contributed by atoms with E-state index >= 15 is 0 Å². The van der Waals surface area contributed by atoms with E-state index in [2.05, 4.69) is 22.6 Å². The van der Waals surface area contributed by atoms with E-state index in [0.29, 0.717) is 5.52 Å². The quantitative estimate of drug-likeness (QED) is 0.736. The van der Waals surface area contributed by atoms with Gasteiger partial charge in [-0.15, -0.1) is 4.79 Å². The lowest BCUT2D eigenvalue weighted by atomic mass is 10.2. The molecule has 4 heteroatoms. The molecule has 0 aliphatic heterocycles. The van der Waals surface area contributed by atoms with Crippen molar-refractivity contribution in [3.63, 3.8) is 0 Å². The number of aromatic nitrogens is 1. The zero-order valence-electron chi connectivity index (χ0n) is 5.96. The van der Waals surface area contributed by atoms with E-state index in [-0.39, 0.29) is 10.7 Å². The lowest BCUT2D eigenvalue weighted by Gasteiger charge is -1.92. The summed E-state index contributed by atoms with van der Waals surface area (Å²) in [5.74, 6) is -0.353. The number of nitrogens with zero attached hydrogens (tertiary/aromatic N) is 1. The maximum absolute atomic E-state index is 13.0. The van der Waals surface area contributed by atoms with Crippen molar-refractivity contribution in [1.29, 1.82) is 0 Å². The number of rotatable bonds is 0. The number of hydrogen-bond donors (Lipinski definition) is 1. The van der Waals surface area contributed by atoms with Crippen LogP contribution in [0.1, 0.15) is 0 Å². The van der Waals surface area contributed by atoms with Gasteiger partial charge in [0.25, 0.3) is 0 Å². The number of benzene rings is 1. The Bertz CT molecular complexity index is 438. The fraction of sp³-hybridized carbons (Fsp3) is 0. The van der Waals surface area contributed by atoms with Crippen molar-refractivity contribution in [2.75, 3.05) is 0 Å². The highest BCUT2D eigenvalue weighted by Gasteiger charge is 2.08. The van der Waals surface area contributed by atoms with E-state index in [0.717, 1.165) is 8.96 Å². The third kappa shape index (κ3) is 0.979. The Labute approximate surface area is 81.7 Å².